The van der Waals surface area contributed by atoms with Gasteiger partial charge in [-0.25, -0.2) is 0 Å². The number of hydrogen-bond acceptors (Lipinski definition) is 3. The molecule has 28 heavy (non-hydrogen) atoms. The van der Waals surface area contributed by atoms with Gasteiger partial charge in [0.1, 0.15) is 0 Å². The van der Waals surface area contributed by atoms with Crippen molar-refractivity contribution in [2.75, 3.05) is 5.32 Å². The topological polar surface area (TPSA) is 80.2 Å². The Morgan fingerprint density at radius 1 is 1.07 bits per heavy atom. The second-order valence-electron chi connectivity index (χ2n) is 7.77. The average Bonchev–Trinajstić information content (AvgIpc) is 3.55. The fraction of sp³-hybridized carbons (Fsp3) is 0.409. The third-order valence-electron chi connectivity index (χ3n) is 5.56. The van der Waals surface area contributed by atoms with Gasteiger partial charge in [-0.3, -0.25) is 14.4 Å². The Bertz CT molecular complexity index is 972. The maximum Gasteiger partial charge on any atom is 0.253 e. The predicted molar refractivity (Wildman–Crippen MR) is 107 cm³/mol. The van der Waals surface area contributed by atoms with E-state index in [9.17, 15) is 14.4 Å². The van der Waals surface area contributed by atoms with E-state index < -0.39 is 0 Å². The number of hydrogen-bond donors (Lipinski definition) is 2. The smallest absolute Gasteiger partial charge is 0.253 e. The zero-order valence-electron chi connectivity index (χ0n) is 16.1. The summed E-state index contributed by atoms with van der Waals surface area (Å²) in [7, 11) is 1.70. The minimum absolute atomic E-state index is 0.00934. The quantitative estimate of drug-likeness (QED) is 0.838. The molecule has 0 saturated heterocycles. The molecule has 0 aliphatic heterocycles. The van der Waals surface area contributed by atoms with Crippen molar-refractivity contribution in [2.24, 2.45) is 13.0 Å². The minimum Gasteiger partial charge on any atom is -0.348 e. The lowest BCUT2D eigenvalue weighted by Crippen LogP contribution is -2.31. The molecule has 1 saturated carbocycles. The normalized spacial score (nSPS) is 15.6. The molecule has 2 aliphatic rings. The molecular weight excluding hydrogens is 354 g/mol. The molecule has 4 rings (SSSR count). The van der Waals surface area contributed by atoms with Crippen LogP contribution in [0.3, 0.4) is 0 Å². The van der Waals surface area contributed by atoms with Gasteiger partial charge >= 0.3 is 0 Å². The number of amides is 2. The van der Waals surface area contributed by atoms with Crippen molar-refractivity contribution in [3.8, 4) is 0 Å². The summed E-state index contributed by atoms with van der Waals surface area (Å²) in [6, 6.07) is 7.52. The van der Waals surface area contributed by atoms with Crippen LogP contribution in [-0.4, -0.2) is 16.4 Å². The number of pyridine rings is 1. The second kappa shape index (κ2) is 7.62. The standard InChI is InChI=1S/C22H25N3O3/c1-25-13-19(17-4-2-3-5-18(17)22(25)28)21(27)23-12-14-6-10-16(11-7-14)24-20(26)15-8-9-15/h6-7,10-11,13,15H,2-5,8-9,12H2,1H3,(H,23,27)(H,24,26). The predicted octanol–water partition coefficient (Wildman–Crippen LogP) is 2.54. The van der Waals surface area contributed by atoms with E-state index in [2.05, 4.69) is 10.6 Å². The van der Waals surface area contributed by atoms with Gasteiger partial charge in [0.2, 0.25) is 5.91 Å². The summed E-state index contributed by atoms with van der Waals surface area (Å²) in [5, 5.41) is 5.87. The molecule has 0 bridgehead atoms. The lowest BCUT2D eigenvalue weighted by molar-refractivity contribution is -0.117. The van der Waals surface area contributed by atoms with Gasteiger partial charge in [0.05, 0.1) is 5.56 Å². The molecule has 2 aromatic rings. The highest BCUT2D eigenvalue weighted by Gasteiger charge is 2.29. The maximum atomic E-state index is 12.8. The molecule has 1 aromatic carbocycles. The van der Waals surface area contributed by atoms with Gasteiger partial charge in [-0.2, -0.15) is 0 Å². The number of nitrogens with one attached hydrogen (secondary N) is 2. The Labute approximate surface area is 164 Å². The van der Waals surface area contributed by atoms with E-state index in [4.69, 9.17) is 0 Å². The molecule has 2 aliphatic carbocycles. The zero-order valence-corrected chi connectivity index (χ0v) is 16.1. The highest BCUT2D eigenvalue weighted by atomic mass is 16.2. The van der Waals surface area contributed by atoms with Crippen molar-refractivity contribution >= 4 is 17.5 Å². The maximum absolute atomic E-state index is 12.8. The van der Waals surface area contributed by atoms with Gasteiger partial charge in [-0.15, -0.1) is 0 Å². The molecule has 2 N–H and O–H groups in total. The monoisotopic (exact) mass is 379 g/mol. The van der Waals surface area contributed by atoms with E-state index in [0.29, 0.717) is 12.1 Å². The molecule has 1 aromatic heterocycles. The van der Waals surface area contributed by atoms with Gasteiger partial charge in [0.15, 0.2) is 0 Å². The van der Waals surface area contributed by atoms with Gasteiger partial charge in [-0.05, 0) is 61.8 Å². The molecule has 0 radical (unpaired) electrons. The fourth-order valence-electron chi connectivity index (χ4n) is 3.75. The number of anilines is 1. The molecule has 0 atom stereocenters. The molecular formula is C22H25N3O3. The number of rotatable bonds is 5. The fourth-order valence-corrected chi connectivity index (χ4v) is 3.75. The third-order valence-corrected chi connectivity index (χ3v) is 5.56. The van der Waals surface area contributed by atoms with Crippen LogP contribution in [-0.2, 0) is 31.2 Å². The highest BCUT2D eigenvalue weighted by molar-refractivity contribution is 5.96. The van der Waals surface area contributed by atoms with Crippen LogP contribution >= 0.6 is 0 Å². The first-order valence-corrected chi connectivity index (χ1v) is 9.92. The van der Waals surface area contributed by atoms with E-state index in [1.54, 1.807) is 13.2 Å². The first kappa shape index (κ1) is 18.5. The van der Waals surface area contributed by atoms with Gasteiger partial charge in [0.25, 0.3) is 11.5 Å². The van der Waals surface area contributed by atoms with Crippen LogP contribution in [0.2, 0.25) is 0 Å². The highest BCUT2D eigenvalue weighted by Crippen LogP contribution is 2.30. The summed E-state index contributed by atoms with van der Waals surface area (Å²) in [6.07, 6.45) is 7.14. The third kappa shape index (κ3) is 3.86. The molecule has 6 heteroatoms. The first-order chi connectivity index (χ1) is 13.5. The number of nitrogens with zero attached hydrogens (tertiary/aromatic N) is 1. The van der Waals surface area contributed by atoms with Gasteiger partial charge < -0.3 is 15.2 Å². The van der Waals surface area contributed by atoms with Crippen LogP contribution in [0.5, 0.6) is 0 Å². The Kier molecular flexibility index (Phi) is 5.03. The number of carbonyl (C=O) groups excluding carboxylic acids is 2. The lowest BCUT2D eigenvalue weighted by Gasteiger charge is -2.19. The summed E-state index contributed by atoms with van der Waals surface area (Å²) in [5.74, 6) is 0.104. The molecule has 0 unspecified atom stereocenters. The van der Waals surface area contributed by atoms with E-state index in [-0.39, 0.29) is 23.3 Å². The second-order valence-corrected chi connectivity index (χ2v) is 7.77. The van der Waals surface area contributed by atoms with Crippen LogP contribution in [0.1, 0.15) is 52.7 Å². The van der Waals surface area contributed by atoms with Crippen LogP contribution in [0.15, 0.2) is 35.3 Å². The summed E-state index contributed by atoms with van der Waals surface area (Å²) in [5.41, 5.74) is 4.04. The van der Waals surface area contributed by atoms with Crippen molar-refractivity contribution in [3.05, 3.63) is 63.1 Å². The zero-order chi connectivity index (χ0) is 19.7. The van der Waals surface area contributed by atoms with Crippen LogP contribution in [0.4, 0.5) is 5.69 Å². The summed E-state index contributed by atoms with van der Waals surface area (Å²) < 4.78 is 1.51. The Hall–Kier alpha value is -2.89. The van der Waals surface area contributed by atoms with Crippen molar-refractivity contribution < 1.29 is 9.59 Å². The van der Waals surface area contributed by atoms with E-state index in [0.717, 1.165) is 60.9 Å². The SMILES string of the molecule is Cn1cc(C(=O)NCc2ccc(NC(=O)C3CC3)cc2)c2c(c1=O)CCCC2. The van der Waals surface area contributed by atoms with E-state index in [1.807, 2.05) is 24.3 Å². The molecule has 1 heterocycles. The van der Waals surface area contributed by atoms with E-state index in [1.165, 1.54) is 4.57 Å². The summed E-state index contributed by atoms with van der Waals surface area (Å²) in [4.78, 5) is 36.9. The average molecular weight is 379 g/mol. The van der Waals surface area contributed by atoms with Crippen molar-refractivity contribution in [1.29, 1.82) is 0 Å². The number of aryl methyl sites for hydroxylation is 1. The van der Waals surface area contributed by atoms with E-state index >= 15 is 0 Å². The minimum atomic E-state index is -0.153. The van der Waals surface area contributed by atoms with Crippen molar-refractivity contribution in [1.82, 2.24) is 9.88 Å². The lowest BCUT2D eigenvalue weighted by atomic mass is 9.89. The first-order valence-electron chi connectivity index (χ1n) is 9.92. The Morgan fingerprint density at radius 3 is 2.43 bits per heavy atom. The van der Waals surface area contributed by atoms with Gasteiger partial charge in [0, 0.05) is 37.0 Å². The number of aromatic nitrogens is 1. The molecule has 2 amide bonds. The summed E-state index contributed by atoms with van der Waals surface area (Å²) in [6.45, 7) is 0.396. The van der Waals surface area contributed by atoms with Crippen molar-refractivity contribution in [2.45, 2.75) is 45.1 Å². The Morgan fingerprint density at radius 2 is 1.75 bits per heavy atom. The van der Waals surface area contributed by atoms with Crippen LogP contribution in [0.25, 0.3) is 0 Å². The molecule has 6 nitrogen and oxygen atoms in total. The largest absolute Gasteiger partial charge is 0.348 e. The number of benzene rings is 1. The molecule has 1 fully saturated rings. The van der Waals surface area contributed by atoms with Crippen LogP contribution in [0, 0.1) is 5.92 Å². The molecule has 146 valence electrons. The molecule has 0 spiro atoms. The van der Waals surface area contributed by atoms with Crippen molar-refractivity contribution in [3.63, 3.8) is 0 Å². The van der Waals surface area contributed by atoms with Crippen LogP contribution < -0.4 is 16.2 Å². The Balaban J connectivity index is 1.42. The summed E-state index contributed by atoms with van der Waals surface area (Å²) >= 11 is 0. The van der Waals surface area contributed by atoms with Gasteiger partial charge in [-0.1, -0.05) is 12.1 Å². The number of carbonyl (C=O) groups is 2. The number of fused-ring (bicyclic) bond motifs is 1.